The summed E-state index contributed by atoms with van der Waals surface area (Å²) in [6, 6.07) is 3.45. The average molecular weight is 392 g/mol. The van der Waals surface area contributed by atoms with E-state index in [1.54, 1.807) is 0 Å². The summed E-state index contributed by atoms with van der Waals surface area (Å²) in [6.45, 7) is 1.52. The van der Waals surface area contributed by atoms with Crippen molar-refractivity contribution in [3.05, 3.63) is 29.3 Å². The minimum Gasteiger partial charge on any atom is -0.481 e. The summed E-state index contributed by atoms with van der Waals surface area (Å²) < 4.78 is 15.0. The van der Waals surface area contributed by atoms with Crippen LogP contribution in [0.25, 0.3) is 0 Å². The molecule has 1 aromatic rings. The summed E-state index contributed by atoms with van der Waals surface area (Å²) in [7, 11) is 1.20. The van der Waals surface area contributed by atoms with Gasteiger partial charge in [0.05, 0.1) is 20.3 Å². The normalized spacial score (nSPS) is 13.4. The number of rotatable bonds is 9. The summed E-state index contributed by atoms with van der Waals surface area (Å²) in [6.07, 6.45) is 1.51. The van der Waals surface area contributed by atoms with Gasteiger partial charge in [-0.2, -0.15) is 0 Å². The molecule has 0 radical (unpaired) electrons. The molecule has 1 saturated heterocycles. The van der Waals surface area contributed by atoms with Gasteiger partial charge < -0.3 is 14.2 Å². The first-order chi connectivity index (χ1) is 13.4. The SMILES string of the molecule is CCCCOC(=O)c1cc(CN2C(=O)NC(=O)C2=O)ccc1OCC(=O)OC. The van der Waals surface area contributed by atoms with Crippen molar-refractivity contribution in [3.63, 3.8) is 0 Å². The lowest BCUT2D eigenvalue weighted by molar-refractivity contribution is -0.143. The number of unbranched alkanes of at least 4 members (excludes halogenated alkanes) is 1. The fraction of sp³-hybridized carbons (Fsp3) is 0.389. The molecule has 1 aliphatic heterocycles. The Morgan fingerprint density at radius 2 is 1.93 bits per heavy atom. The van der Waals surface area contributed by atoms with Crippen LogP contribution in [-0.4, -0.2) is 55.0 Å². The molecule has 10 heteroatoms. The van der Waals surface area contributed by atoms with Gasteiger partial charge in [-0.05, 0) is 24.1 Å². The van der Waals surface area contributed by atoms with Gasteiger partial charge >= 0.3 is 29.8 Å². The number of amides is 4. The molecule has 150 valence electrons. The second-order valence-electron chi connectivity index (χ2n) is 5.84. The molecule has 1 heterocycles. The van der Waals surface area contributed by atoms with E-state index in [1.807, 2.05) is 12.2 Å². The molecule has 10 nitrogen and oxygen atoms in total. The Morgan fingerprint density at radius 1 is 1.18 bits per heavy atom. The third-order valence-corrected chi connectivity index (χ3v) is 3.81. The maximum atomic E-state index is 12.4. The number of ether oxygens (including phenoxy) is 3. The largest absolute Gasteiger partial charge is 0.481 e. The number of benzene rings is 1. The number of carbonyl (C=O) groups excluding carboxylic acids is 5. The lowest BCUT2D eigenvalue weighted by atomic mass is 10.1. The minimum absolute atomic E-state index is 0.0240. The first kappa shape index (κ1) is 20.9. The molecule has 4 amide bonds. The third-order valence-electron chi connectivity index (χ3n) is 3.81. The van der Waals surface area contributed by atoms with E-state index in [0.717, 1.165) is 11.3 Å². The molecule has 0 unspecified atom stereocenters. The van der Waals surface area contributed by atoms with Crippen molar-refractivity contribution in [2.45, 2.75) is 26.3 Å². The smallest absolute Gasteiger partial charge is 0.343 e. The molecule has 1 fully saturated rings. The number of carbonyl (C=O) groups is 5. The van der Waals surface area contributed by atoms with Crippen LogP contribution in [0.2, 0.25) is 0 Å². The van der Waals surface area contributed by atoms with E-state index in [9.17, 15) is 24.0 Å². The summed E-state index contributed by atoms with van der Waals surface area (Å²) in [5.41, 5.74) is 0.418. The molecule has 0 atom stereocenters. The van der Waals surface area contributed by atoms with Crippen molar-refractivity contribution in [2.75, 3.05) is 20.3 Å². The Kier molecular flexibility index (Phi) is 7.08. The Morgan fingerprint density at radius 3 is 2.54 bits per heavy atom. The molecule has 0 aliphatic carbocycles. The zero-order valence-corrected chi connectivity index (χ0v) is 15.5. The van der Waals surface area contributed by atoms with E-state index in [2.05, 4.69) is 4.74 Å². The third kappa shape index (κ3) is 5.06. The van der Waals surface area contributed by atoms with Gasteiger partial charge in [0.15, 0.2) is 6.61 Å². The number of imide groups is 2. The number of nitrogens with one attached hydrogen (secondary N) is 1. The van der Waals surface area contributed by atoms with Gasteiger partial charge in [0, 0.05) is 0 Å². The van der Waals surface area contributed by atoms with E-state index in [1.165, 1.54) is 25.3 Å². The van der Waals surface area contributed by atoms with Crippen molar-refractivity contribution >= 4 is 29.8 Å². The van der Waals surface area contributed by atoms with E-state index in [0.29, 0.717) is 12.0 Å². The summed E-state index contributed by atoms with van der Waals surface area (Å²) >= 11 is 0. The summed E-state index contributed by atoms with van der Waals surface area (Å²) in [5, 5.41) is 1.89. The minimum atomic E-state index is -1.01. The monoisotopic (exact) mass is 392 g/mol. The number of hydrogen-bond acceptors (Lipinski definition) is 8. The molecule has 0 saturated carbocycles. The number of hydrogen-bond donors (Lipinski definition) is 1. The Hall–Kier alpha value is -3.43. The van der Waals surface area contributed by atoms with Gasteiger partial charge in [0.25, 0.3) is 0 Å². The molecular weight excluding hydrogens is 372 g/mol. The van der Waals surface area contributed by atoms with Crippen LogP contribution in [0, 0.1) is 0 Å². The highest BCUT2D eigenvalue weighted by molar-refractivity contribution is 6.44. The van der Waals surface area contributed by atoms with Gasteiger partial charge in [-0.15, -0.1) is 0 Å². The number of methoxy groups -OCH3 is 1. The predicted octanol–water partition coefficient (Wildman–Crippen LogP) is 0.774. The predicted molar refractivity (Wildman–Crippen MR) is 93.2 cm³/mol. The van der Waals surface area contributed by atoms with E-state index in [4.69, 9.17) is 9.47 Å². The standard InChI is InChI=1S/C18H20N2O8/c1-3-4-7-27-17(24)12-8-11(5-6-13(12)28-10-14(21)26-2)9-20-16(23)15(22)19-18(20)25/h5-6,8H,3-4,7,9-10H2,1-2H3,(H,19,22,25). The molecule has 0 spiro atoms. The zero-order valence-electron chi connectivity index (χ0n) is 15.5. The topological polar surface area (TPSA) is 128 Å². The molecular formula is C18H20N2O8. The number of esters is 2. The van der Waals surface area contributed by atoms with Gasteiger partial charge in [-0.25, -0.2) is 14.4 Å². The molecule has 0 bridgehead atoms. The van der Waals surface area contributed by atoms with Crippen LogP contribution < -0.4 is 10.1 Å². The molecule has 0 aromatic heterocycles. The number of nitrogens with zero attached hydrogens (tertiary/aromatic N) is 1. The highest BCUT2D eigenvalue weighted by Crippen LogP contribution is 2.23. The van der Waals surface area contributed by atoms with Crippen molar-refractivity contribution in [1.29, 1.82) is 0 Å². The van der Waals surface area contributed by atoms with E-state index < -0.39 is 36.4 Å². The van der Waals surface area contributed by atoms with Crippen LogP contribution in [0.1, 0.15) is 35.7 Å². The average Bonchev–Trinajstić information content (AvgIpc) is 2.92. The fourth-order valence-corrected chi connectivity index (χ4v) is 2.30. The lowest BCUT2D eigenvalue weighted by Crippen LogP contribution is -2.30. The molecule has 1 aliphatic rings. The Balaban J connectivity index is 2.23. The maximum Gasteiger partial charge on any atom is 0.343 e. The van der Waals surface area contributed by atoms with Crippen molar-refractivity contribution < 1.29 is 38.2 Å². The highest BCUT2D eigenvalue weighted by atomic mass is 16.6. The summed E-state index contributed by atoms with van der Waals surface area (Å²) in [5.74, 6) is -3.22. The van der Waals surface area contributed by atoms with Gasteiger partial charge in [-0.3, -0.25) is 19.8 Å². The van der Waals surface area contributed by atoms with Crippen LogP contribution in [0.15, 0.2) is 18.2 Å². The van der Waals surface area contributed by atoms with Crippen LogP contribution in [0.3, 0.4) is 0 Å². The van der Waals surface area contributed by atoms with Gasteiger partial charge in [0.1, 0.15) is 11.3 Å². The van der Waals surface area contributed by atoms with Gasteiger partial charge in [-0.1, -0.05) is 19.4 Å². The number of urea groups is 1. The van der Waals surface area contributed by atoms with E-state index in [-0.39, 0.29) is 24.5 Å². The summed E-state index contributed by atoms with van der Waals surface area (Å²) in [4.78, 5) is 59.1. The Labute approximate surface area is 160 Å². The van der Waals surface area contributed by atoms with Crippen LogP contribution >= 0.6 is 0 Å². The van der Waals surface area contributed by atoms with E-state index >= 15 is 0 Å². The lowest BCUT2D eigenvalue weighted by Gasteiger charge is -2.15. The first-order valence-electron chi connectivity index (χ1n) is 8.53. The first-order valence-corrected chi connectivity index (χ1v) is 8.53. The van der Waals surface area contributed by atoms with Crippen LogP contribution in [0.4, 0.5) is 4.79 Å². The Bertz CT molecular complexity index is 805. The molecule has 28 heavy (non-hydrogen) atoms. The van der Waals surface area contributed by atoms with Crippen molar-refractivity contribution in [1.82, 2.24) is 10.2 Å². The quantitative estimate of drug-likeness (QED) is 0.282. The molecule has 1 aromatic carbocycles. The second-order valence-corrected chi connectivity index (χ2v) is 5.84. The van der Waals surface area contributed by atoms with Crippen molar-refractivity contribution in [3.8, 4) is 5.75 Å². The fourth-order valence-electron chi connectivity index (χ4n) is 2.30. The maximum absolute atomic E-state index is 12.4. The molecule has 1 N–H and O–H groups in total. The van der Waals surface area contributed by atoms with Crippen LogP contribution in [-0.2, 0) is 30.4 Å². The molecule has 2 rings (SSSR count). The van der Waals surface area contributed by atoms with Crippen molar-refractivity contribution in [2.24, 2.45) is 0 Å². The second kappa shape index (κ2) is 9.49. The zero-order chi connectivity index (χ0) is 20.7. The highest BCUT2D eigenvalue weighted by Gasteiger charge is 2.36. The van der Waals surface area contributed by atoms with Gasteiger partial charge in [0.2, 0.25) is 0 Å². The van der Waals surface area contributed by atoms with Crippen LogP contribution in [0.5, 0.6) is 5.75 Å².